The first kappa shape index (κ1) is 17.5. The van der Waals surface area contributed by atoms with Crippen LogP contribution in [0.4, 0.5) is 13.2 Å². The maximum absolute atomic E-state index is 10.6. The summed E-state index contributed by atoms with van der Waals surface area (Å²) in [6.45, 7) is 2.10. The molecular weight excluding hydrogens is 307 g/mol. The van der Waals surface area contributed by atoms with E-state index in [0.29, 0.717) is 0 Å². The Kier molecular flexibility index (Phi) is 6.71. The largest absolute Gasteiger partial charge is 0.490 e. The third-order valence-corrected chi connectivity index (χ3v) is 3.00. The molecule has 0 unspecified atom stereocenters. The lowest BCUT2D eigenvalue weighted by Crippen LogP contribution is -2.21. The Morgan fingerprint density at radius 1 is 1.24 bits per heavy atom. The van der Waals surface area contributed by atoms with E-state index in [0.717, 1.165) is 24.5 Å². The van der Waals surface area contributed by atoms with E-state index < -0.39 is 12.1 Å². The molecule has 0 saturated heterocycles. The van der Waals surface area contributed by atoms with Crippen molar-refractivity contribution in [1.29, 1.82) is 0 Å². The van der Waals surface area contributed by atoms with Gasteiger partial charge >= 0.3 is 12.1 Å². The molecule has 3 nitrogen and oxygen atoms in total. The summed E-state index contributed by atoms with van der Waals surface area (Å²) in [7, 11) is 0. The Morgan fingerprint density at radius 3 is 2.33 bits per heavy atom. The highest BCUT2D eigenvalue weighted by Crippen LogP contribution is 2.22. The molecule has 0 spiro atoms. The van der Waals surface area contributed by atoms with E-state index in [1.54, 1.807) is 0 Å². The van der Waals surface area contributed by atoms with Gasteiger partial charge in [0, 0.05) is 11.6 Å². The molecule has 1 heterocycles. The maximum atomic E-state index is 10.6. The molecule has 2 N–H and O–H groups in total. The van der Waals surface area contributed by atoms with Crippen molar-refractivity contribution in [2.24, 2.45) is 0 Å². The smallest absolute Gasteiger partial charge is 0.475 e. The van der Waals surface area contributed by atoms with Crippen LogP contribution >= 0.6 is 11.6 Å². The average Bonchev–Trinajstić information content (AvgIpc) is 2.68. The second-order valence-electron chi connectivity index (χ2n) is 4.35. The summed E-state index contributed by atoms with van der Waals surface area (Å²) in [6.07, 6.45) is -0.431. The molecule has 0 amide bonds. The predicted molar refractivity (Wildman–Crippen MR) is 75.2 cm³/mol. The van der Waals surface area contributed by atoms with Crippen LogP contribution in [0.2, 0.25) is 5.02 Å². The summed E-state index contributed by atoms with van der Waals surface area (Å²) in [5.41, 5.74) is 2.74. The van der Waals surface area contributed by atoms with Crippen LogP contribution in [0.15, 0.2) is 30.3 Å². The summed E-state index contributed by atoms with van der Waals surface area (Å²) in [5.74, 6) is -2.76. The number of allylic oxidation sites excluding steroid dienone is 1. The number of aliphatic carboxylic acids is 1. The number of rotatable bonds is 1. The van der Waals surface area contributed by atoms with Crippen LogP contribution in [-0.2, 0) is 4.79 Å². The SMILES string of the molecule is Clc1ccc(C2=CCNCCC2)cc1.O=C(O)C(F)(F)F. The van der Waals surface area contributed by atoms with Crippen molar-refractivity contribution in [2.45, 2.75) is 19.0 Å². The molecule has 0 atom stereocenters. The zero-order chi connectivity index (χ0) is 15.9. The van der Waals surface area contributed by atoms with Crippen molar-refractivity contribution < 1.29 is 23.1 Å². The second kappa shape index (κ2) is 8.05. The minimum absolute atomic E-state index is 0.807. The molecule has 1 aromatic rings. The van der Waals surface area contributed by atoms with Crippen molar-refractivity contribution in [3.63, 3.8) is 0 Å². The van der Waals surface area contributed by atoms with E-state index in [4.69, 9.17) is 21.5 Å². The van der Waals surface area contributed by atoms with Crippen molar-refractivity contribution >= 4 is 23.1 Å². The fourth-order valence-electron chi connectivity index (χ4n) is 1.73. The Bertz CT molecular complexity index is 498. The van der Waals surface area contributed by atoms with Gasteiger partial charge in [0.15, 0.2) is 0 Å². The fraction of sp³-hybridized carbons (Fsp3) is 0.357. The molecule has 1 aromatic carbocycles. The number of carboxylic acids is 1. The van der Waals surface area contributed by atoms with Crippen LogP contribution in [0.25, 0.3) is 5.57 Å². The van der Waals surface area contributed by atoms with E-state index in [9.17, 15) is 13.2 Å². The summed E-state index contributed by atoms with van der Waals surface area (Å²) in [4.78, 5) is 8.90. The van der Waals surface area contributed by atoms with Crippen LogP contribution in [0, 0.1) is 0 Å². The monoisotopic (exact) mass is 321 g/mol. The highest BCUT2D eigenvalue weighted by molar-refractivity contribution is 6.30. The van der Waals surface area contributed by atoms with Gasteiger partial charge in [0.05, 0.1) is 0 Å². The topological polar surface area (TPSA) is 49.3 Å². The number of nitrogens with one attached hydrogen (secondary N) is 1. The number of carboxylic acid groups (broad SMARTS) is 1. The minimum Gasteiger partial charge on any atom is -0.475 e. The standard InChI is InChI=1S/C12H14ClN.C2HF3O2/c13-12-5-3-11(4-6-12)10-2-1-8-14-9-7-10;3-2(4,5)1(6)7/h3-7,14H,1-2,8-9H2;(H,6,7). The number of carbonyl (C=O) groups is 1. The molecule has 0 fully saturated rings. The van der Waals surface area contributed by atoms with E-state index >= 15 is 0 Å². The van der Waals surface area contributed by atoms with Gasteiger partial charge in [-0.1, -0.05) is 29.8 Å². The lowest BCUT2D eigenvalue weighted by molar-refractivity contribution is -0.192. The van der Waals surface area contributed by atoms with Crippen LogP contribution in [0.3, 0.4) is 0 Å². The Morgan fingerprint density at radius 2 is 1.81 bits per heavy atom. The molecule has 0 radical (unpaired) electrons. The van der Waals surface area contributed by atoms with E-state index in [1.165, 1.54) is 17.6 Å². The fourth-order valence-corrected chi connectivity index (χ4v) is 1.86. The quantitative estimate of drug-likeness (QED) is 0.828. The molecule has 21 heavy (non-hydrogen) atoms. The number of hydrogen-bond acceptors (Lipinski definition) is 2. The van der Waals surface area contributed by atoms with Gasteiger partial charge in [-0.15, -0.1) is 0 Å². The van der Waals surface area contributed by atoms with Crippen molar-refractivity contribution in [2.75, 3.05) is 13.1 Å². The molecular formula is C14H15ClF3NO2. The average molecular weight is 322 g/mol. The third kappa shape index (κ3) is 6.64. The zero-order valence-corrected chi connectivity index (χ0v) is 11.8. The zero-order valence-electron chi connectivity index (χ0n) is 11.1. The number of hydrogen-bond donors (Lipinski definition) is 2. The molecule has 2 rings (SSSR count). The van der Waals surface area contributed by atoms with Crippen molar-refractivity contribution in [1.82, 2.24) is 5.32 Å². The lowest BCUT2D eigenvalue weighted by Gasteiger charge is -2.04. The number of benzene rings is 1. The van der Waals surface area contributed by atoms with Crippen LogP contribution in [0.5, 0.6) is 0 Å². The molecule has 0 aromatic heterocycles. The Hall–Kier alpha value is -1.53. The molecule has 1 aliphatic rings. The van der Waals surface area contributed by atoms with E-state index in [-0.39, 0.29) is 0 Å². The Balaban J connectivity index is 0.000000270. The van der Waals surface area contributed by atoms with Crippen LogP contribution in [0.1, 0.15) is 18.4 Å². The molecule has 0 aliphatic carbocycles. The van der Waals surface area contributed by atoms with E-state index in [2.05, 4.69) is 23.5 Å². The van der Waals surface area contributed by atoms with Gasteiger partial charge in [0.2, 0.25) is 0 Å². The summed E-state index contributed by atoms with van der Waals surface area (Å²) in [5, 5.41) is 11.3. The first-order valence-corrected chi connectivity index (χ1v) is 6.64. The van der Waals surface area contributed by atoms with Gasteiger partial charge in [-0.05, 0) is 42.7 Å². The van der Waals surface area contributed by atoms with Gasteiger partial charge in [-0.25, -0.2) is 4.79 Å². The third-order valence-electron chi connectivity index (χ3n) is 2.75. The molecule has 0 bridgehead atoms. The van der Waals surface area contributed by atoms with Crippen molar-refractivity contribution in [3.8, 4) is 0 Å². The van der Waals surface area contributed by atoms with Gasteiger partial charge < -0.3 is 10.4 Å². The first-order chi connectivity index (χ1) is 9.80. The van der Waals surface area contributed by atoms with E-state index in [1.807, 2.05) is 12.1 Å². The van der Waals surface area contributed by atoms with Crippen LogP contribution in [-0.4, -0.2) is 30.3 Å². The summed E-state index contributed by atoms with van der Waals surface area (Å²) in [6, 6.07) is 8.10. The minimum atomic E-state index is -5.08. The lowest BCUT2D eigenvalue weighted by atomic mass is 10.0. The van der Waals surface area contributed by atoms with Gasteiger partial charge in [-0.3, -0.25) is 0 Å². The molecule has 7 heteroatoms. The molecule has 0 saturated carbocycles. The van der Waals surface area contributed by atoms with Crippen LogP contribution < -0.4 is 5.32 Å². The maximum Gasteiger partial charge on any atom is 0.490 e. The Labute approximate surface area is 125 Å². The van der Waals surface area contributed by atoms with Gasteiger partial charge in [-0.2, -0.15) is 13.2 Å². The summed E-state index contributed by atoms with van der Waals surface area (Å²) >= 11 is 5.85. The normalized spacial score (nSPS) is 15.3. The van der Waals surface area contributed by atoms with Crippen molar-refractivity contribution in [3.05, 3.63) is 40.9 Å². The number of alkyl halides is 3. The van der Waals surface area contributed by atoms with Gasteiger partial charge in [0.25, 0.3) is 0 Å². The molecule has 1 aliphatic heterocycles. The number of halogens is 4. The predicted octanol–water partition coefficient (Wildman–Crippen LogP) is 3.74. The molecule has 116 valence electrons. The van der Waals surface area contributed by atoms with Gasteiger partial charge in [0.1, 0.15) is 0 Å². The highest BCUT2D eigenvalue weighted by Gasteiger charge is 2.38. The summed E-state index contributed by atoms with van der Waals surface area (Å²) < 4.78 is 31.7. The second-order valence-corrected chi connectivity index (χ2v) is 4.78. The first-order valence-electron chi connectivity index (χ1n) is 6.26. The highest BCUT2D eigenvalue weighted by atomic mass is 35.5.